The van der Waals surface area contributed by atoms with Gasteiger partial charge in [-0.05, 0) is 37.3 Å². The lowest BCUT2D eigenvalue weighted by atomic mass is 10.0. The van der Waals surface area contributed by atoms with Gasteiger partial charge in [0.15, 0.2) is 5.82 Å². The van der Waals surface area contributed by atoms with Crippen LogP contribution in [0.3, 0.4) is 0 Å². The number of aromatic nitrogens is 4. The zero-order valence-corrected chi connectivity index (χ0v) is 12.6. The molecule has 1 saturated heterocycles. The van der Waals surface area contributed by atoms with Crippen molar-refractivity contribution in [1.82, 2.24) is 20.0 Å². The Hall–Kier alpha value is -2.11. The molecule has 1 aliphatic rings. The van der Waals surface area contributed by atoms with Crippen LogP contribution in [0.1, 0.15) is 18.9 Å². The maximum atomic E-state index is 5.32. The van der Waals surface area contributed by atoms with E-state index in [0.717, 1.165) is 25.3 Å². The molecule has 0 saturated carbocycles. The van der Waals surface area contributed by atoms with Gasteiger partial charge in [0.1, 0.15) is 0 Å². The van der Waals surface area contributed by atoms with Crippen LogP contribution >= 0.6 is 0 Å². The Morgan fingerprint density at radius 1 is 1.33 bits per heavy atom. The average Bonchev–Trinajstić information content (AvgIpc) is 3.10. The number of aryl methyl sites for hydroxylation is 1. The number of ether oxygens (including phenoxy) is 1. The van der Waals surface area contributed by atoms with Crippen molar-refractivity contribution in [3.63, 3.8) is 0 Å². The molecule has 1 fully saturated rings. The Balaban J connectivity index is 1.58. The van der Waals surface area contributed by atoms with Crippen LogP contribution in [0.4, 0.5) is 5.82 Å². The molecule has 3 rings (SSSR count). The van der Waals surface area contributed by atoms with Crippen molar-refractivity contribution in [2.45, 2.75) is 19.8 Å². The van der Waals surface area contributed by atoms with Gasteiger partial charge in [0.25, 0.3) is 0 Å². The molecule has 0 aliphatic carbocycles. The molecule has 6 nitrogen and oxygen atoms in total. The van der Waals surface area contributed by atoms with Crippen molar-refractivity contribution in [3.05, 3.63) is 30.1 Å². The van der Waals surface area contributed by atoms with Crippen molar-refractivity contribution >= 4 is 5.82 Å². The number of hydrogen-bond donors (Lipinski definition) is 0. The van der Waals surface area contributed by atoms with E-state index in [1.54, 1.807) is 0 Å². The summed E-state index contributed by atoms with van der Waals surface area (Å²) in [6.07, 6.45) is 6.32. The fourth-order valence-corrected chi connectivity index (χ4v) is 2.82. The zero-order valence-electron chi connectivity index (χ0n) is 12.6. The summed E-state index contributed by atoms with van der Waals surface area (Å²) in [5, 5.41) is 12.6. The largest absolute Gasteiger partial charge is 0.477 e. The third-order valence-electron chi connectivity index (χ3n) is 3.81. The van der Waals surface area contributed by atoms with Crippen LogP contribution < -0.4 is 9.64 Å². The highest BCUT2D eigenvalue weighted by molar-refractivity contribution is 5.39. The topological polar surface area (TPSA) is 56.1 Å². The van der Waals surface area contributed by atoms with E-state index in [2.05, 4.69) is 26.4 Å². The molecule has 21 heavy (non-hydrogen) atoms. The normalized spacial score (nSPS) is 18.2. The van der Waals surface area contributed by atoms with Gasteiger partial charge in [-0.1, -0.05) is 0 Å². The van der Waals surface area contributed by atoms with E-state index in [4.69, 9.17) is 4.74 Å². The Morgan fingerprint density at radius 3 is 2.90 bits per heavy atom. The molecule has 0 N–H and O–H groups in total. The lowest BCUT2D eigenvalue weighted by Gasteiger charge is -2.16. The molecule has 6 heteroatoms. The fourth-order valence-electron chi connectivity index (χ4n) is 2.82. The van der Waals surface area contributed by atoms with Gasteiger partial charge in [0.05, 0.1) is 12.8 Å². The van der Waals surface area contributed by atoms with Crippen LogP contribution in [0.15, 0.2) is 24.5 Å². The second kappa shape index (κ2) is 6.11. The van der Waals surface area contributed by atoms with E-state index in [9.17, 15) is 0 Å². The Labute approximate surface area is 124 Å². The predicted molar refractivity (Wildman–Crippen MR) is 80.4 cm³/mol. The molecule has 1 aliphatic heterocycles. The van der Waals surface area contributed by atoms with Crippen molar-refractivity contribution in [3.8, 4) is 5.88 Å². The van der Waals surface area contributed by atoms with Crippen LogP contribution in [0.5, 0.6) is 5.88 Å². The van der Waals surface area contributed by atoms with Crippen LogP contribution in [-0.4, -0.2) is 39.7 Å². The highest BCUT2D eigenvalue weighted by Gasteiger charge is 2.24. The number of anilines is 1. The lowest BCUT2D eigenvalue weighted by Crippen LogP contribution is -2.21. The molecule has 0 spiro atoms. The predicted octanol–water partition coefficient (Wildman–Crippen LogP) is 1.68. The minimum absolute atomic E-state index is 0.590. The van der Waals surface area contributed by atoms with E-state index in [-0.39, 0.29) is 0 Å². The third kappa shape index (κ3) is 3.32. The monoisotopic (exact) mass is 287 g/mol. The lowest BCUT2D eigenvalue weighted by molar-refractivity contribution is 0.322. The van der Waals surface area contributed by atoms with Crippen LogP contribution in [0.25, 0.3) is 0 Å². The van der Waals surface area contributed by atoms with Gasteiger partial charge in [-0.2, -0.15) is 5.10 Å². The second-order valence-corrected chi connectivity index (χ2v) is 5.49. The summed E-state index contributed by atoms with van der Waals surface area (Å²) in [6.45, 7) is 4.62. The molecule has 3 heterocycles. The summed E-state index contributed by atoms with van der Waals surface area (Å²) >= 11 is 0. The highest BCUT2D eigenvalue weighted by Crippen LogP contribution is 2.25. The number of hydrogen-bond acceptors (Lipinski definition) is 5. The van der Waals surface area contributed by atoms with E-state index < -0.39 is 0 Å². The van der Waals surface area contributed by atoms with Gasteiger partial charge in [-0.15, -0.1) is 10.2 Å². The summed E-state index contributed by atoms with van der Waals surface area (Å²) in [7, 11) is 1.96. The SMILES string of the molecule is CCOc1ccc(N2CC[C@@H](Cc3cnn(C)c3)C2)nn1. The first-order valence-electron chi connectivity index (χ1n) is 7.43. The molecular formula is C15H21N5O. The fraction of sp³-hybridized carbons (Fsp3) is 0.533. The van der Waals surface area contributed by atoms with Crippen molar-refractivity contribution in [2.24, 2.45) is 13.0 Å². The van der Waals surface area contributed by atoms with Crippen molar-refractivity contribution in [2.75, 3.05) is 24.6 Å². The first-order valence-corrected chi connectivity index (χ1v) is 7.43. The standard InChI is InChI=1S/C15H21N5O/c1-3-21-15-5-4-14(17-18-15)20-7-6-12(11-20)8-13-9-16-19(2)10-13/h4-5,9-10,12H,3,6-8,11H2,1-2H3/t12-/m0/s1. The summed E-state index contributed by atoms with van der Waals surface area (Å²) in [4.78, 5) is 2.30. The van der Waals surface area contributed by atoms with E-state index in [1.165, 1.54) is 12.0 Å². The maximum Gasteiger partial charge on any atom is 0.233 e. The molecule has 0 amide bonds. The molecule has 1 atom stereocenters. The highest BCUT2D eigenvalue weighted by atomic mass is 16.5. The Morgan fingerprint density at radius 2 is 2.24 bits per heavy atom. The molecule has 0 unspecified atom stereocenters. The molecule has 0 radical (unpaired) electrons. The second-order valence-electron chi connectivity index (χ2n) is 5.49. The first-order chi connectivity index (χ1) is 10.2. The average molecular weight is 287 g/mol. The Bertz CT molecular complexity index is 580. The molecule has 2 aromatic rings. The molecule has 0 aromatic carbocycles. The van der Waals surface area contributed by atoms with Gasteiger partial charge in [-0.3, -0.25) is 4.68 Å². The molecule has 0 bridgehead atoms. The summed E-state index contributed by atoms with van der Waals surface area (Å²) in [5.41, 5.74) is 1.31. The third-order valence-corrected chi connectivity index (χ3v) is 3.81. The number of nitrogens with zero attached hydrogens (tertiary/aromatic N) is 5. The minimum atomic E-state index is 0.590. The minimum Gasteiger partial charge on any atom is -0.477 e. The smallest absolute Gasteiger partial charge is 0.233 e. The van der Waals surface area contributed by atoms with Crippen molar-refractivity contribution < 1.29 is 4.74 Å². The number of rotatable bonds is 5. The van der Waals surface area contributed by atoms with E-state index >= 15 is 0 Å². The van der Waals surface area contributed by atoms with Crippen LogP contribution in [-0.2, 0) is 13.5 Å². The van der Waals surface area contributed by atoms with Crippen molar-refractivity contribution in [1.29, 1.82) is 0 Å². The molecule has 2 aromatic heterocycles. The quantitative estimate of drug-likeness (QED) is 0.837. The van der Waals surface area contributed by atoms with Crippen LogP contribution in [0, 0.1) is 5.92 Å². The van der Waals surface area contributed by atoms with Gasteiger partial charge < -0.3 is 9.64 Å². The zero-order chi connectivity index (χ0) is 14.7. The summed E-state index contributed by atoms with van der Waals surface area (Å²) in [6, 6.07) is 3.88. The summed E-state index contributed by atoms with van der Waals surface area (Å²) < 4.78 is 7.19. The van der Waals surface area contributed by atoms with E-state index in [0.29, 0.717) is 18.4 Å². The van der Waals surface area contributed by atoms with Gasteiger partial charge in [0, 0.05) is 32.4 Å². The van der Waals surface area contributed by atoms with Gasteiger partial charge in [-0.25, -0.2) is 0 Å². The summed E-state index contributed by atoms with van der Waals surface area (Å²) in [5.74, 6) is 2.18. The maximum absolute atomic E-state index is 5.32. The Kier molecular flexibility index (Phi) is 4.03. The molecule has 112 valence electrons. The van der Waals surface area contributed by atoms with E-state index in [1.807, 2.05) is 37.0 Å². The first kappa shape index (κ1) is 13.9. The van der Waals surface area contributed by atoms with Crippen LogP contribution in [0.2, 0.25) is 0 Å². The van der Waals surface area contributed by atoms with Gasteiger partial charge in [0.2, 0.25) is 5.88 Å². The van der Waals surface area contributed by atoms with Gasteiger partial charge >= 0.3 is 0 Å². The molecular weight excluding hydrogens is 266 g/mol.